The Hall–Kier alpha value is -1.02. The molecule has 1 aromatic carbocycles. The molecule has 0 amide bonds. The van der Waals surface area contributed by atoms with Crippen LogP contribution in [0.1, 0.15) is 31.1 Å². The summed E-state index contributed by atoms with van der Waals surface area (Å²) in [7, 11) is 0. The maximum atomic E-state index is 9.44. The molecular formula is C11H16O2. The summed E-state index contributed by atoms with van der Waals surface area (Å²) in [4.78, 5) is 0. The van der Waals surface area contributed by atoms with Gasteiger partial charge in [-0.1, -0.05) is 12.1 Å². The Morgan fingerprint density at radius 1 is 1.46 bits per heavy atom. The molecule has 0 bridgehead atoms. The highest BCUT2D eigenvalue weighted by Gasteiger charge is 2.08. The smallest absolute Gasteiger partial charge is 0.125 e. The van der Waals surface area contributed by atoms with Gasteiger partial charge in [0.15, 0.2) is 0 Å². The molecule has 0 radical (unpaired) electrons. The number of ether oxygens (including phenoxy) is 1. The first-order chi connectivity index (χ1) is 6.15. The van der Waals surface area contributed by atoms with E-state index in [1.54, 1.807) is 6.92 Å². The van der Waals surface area contributed by atoms with Crippen LogP contribution < -0.4 is 4.74 Å². The molecule has 0 aliphatic rings. The topological polar surface area (TPSA) is 29.5 Å². The number of hydrogen-bond donors (Lipinski definition) is 1. The van der Waals surface area contributed by atoms with Crippen molar-refractivity contribution in [3.05, 3.63) is 29.3 Å². The van der Waals surface area contributed by atoms with Crippen LogP contribution >= 0.6 is 0 Å². The maximum Gasteiger partial charge on any atom is 0.125 e. The van der Waals surface area contributed by atoms with Crippen LogP contribution in [-0.2, 0) is 0 Å². The molecule has 1 N–H and O–H groups in total. The van der Waals surface area contributed by atoms with Crippen LogP contribution in [0.25, 0.3) is 0 Å². The molecule has 72 valence electrons. The molecule has 1 atom stereocenters. The molecule has 0 spiro atoms. The lowest BCUT2D eigenvalue weighted by Gasteiger charge is -2.12. The van der Waals surface area contributed by atoms with E-state index in [2.05, 4.69) is 0 Å². The minimum absolute atomic E-state index is 0.470. The second-order valence-corrected chi connectivity index (χ2v) is 3.15. The van der Waals surface area contributed by atoms with Crippen molar-refractivity contribution in [2.24, 2.45) is 0 Å². The summed E-state index contributed by atoms with van der Waals surface area (Å²) in [6, 6.07) is 5.83. The first kappa shape index (κ1) is 10.1. The predicted molar refractivity (Wildman–Crippen MR) is 53.0 cm³/mol. The standard InChI is InChI=1S/C11H16O2/c1-4-13-11-7-8(2)5-6-10(11)9(3)12/h5-7,9,12H,4H2,1-3H3. The zero-order valence-corrected chi connectivity index (χ0v) is 8.37. The summed E-state index contributed by atoms with van der Waals surface area (Å²) in [6.45, 7) is 6.32. The van der Waals surface area contributed by atoms with Gasteiger partial charge in [-0.15, -0.1) is 0 Å². The first-order valence-corrected chi connectivity index (χ1v) is 4.56. The SMILES string of the molecule is CCOc1cc(C)ccc1C(C)O. The van der Waals surface area contributed by atoms with Gasteiger partial charge in [-0.3, -0.25) is 0 Å². The van der Waals surface area contributed by atoms with Crippen LogP contribution in [0.2, 0.25) is 0 Å². The Morgan fingerprint density at radius 3 is 2.69 bits per heavy atom. The van der Waals surface area contributed by atoms with Crippen molar-refractivity contribution in [3.8, 4) is 5.75 Å². The lowest BCUT2D eigenvalue weighted by Crippen LogP contribution is -1.99. The van der Waals surface area contributed by atoms with Crippen LogP contribution in [0, 0.1) is 6.92 Å². The summed E-state index contributed by atoms with van der Waals surface area (Å²) < 4.78 is 5.42. The Bertz CT molecular complexity index is 279. The van der Waals surface area contributed by atoms with Crippen molar-refractivity contribution in [1.29, 1.82) is 0 Å². The first-order valence-electron chi connectivity index (χ1n) is 4.56. The summed E-state index contributed by atoms with van der Waals surface area (Å²) in [5.74, 6) is 0.789. The van der Waals surface area contributed by atoms with Gasteiger partial charge in [-0.2, -0.15) is 0 Å². The summed E-state index contributed by atoms with van der Waals surface area (Å²) in [6.07, 6.45) is -0.470. The third-order valence-electron chi connectivity index (χ3n) is 1.92. The van der Waals surface area contributed by atoms with E-state index in [1.165, 1.54) is 0 Å². The zero-order valence-electron chi connectivity index (χ0n) is 8.37. The van der Waals surface area contributed by atoms with Crippen molar-refractivity contribution in [1.82, 2.24) is 0 Å². The van der Waals surface area contributed by atoms with E-state index >= 15 is 0 Å². The Kier molecular flexibility index (Phi) is 3.32. The highest BCUT2D eigenvalue weighted by molar-refractivity contribution is 5.38. The minimum Gasteiger partial charge on any atom is -0.493 e. The quantitative estimate of drug-likeness (QED) is 0.774. The van der Waals surface area contributed by atoms with E-state index in [0.29, 0.717) is 6.61 Å². The van der Waals surface area contributed by atoms with Crippen molar-refractivity contribution in [3.63, 3.8) is 0 Å². The summed E-state index contributed by atoms with van der Waals surface area (Å²) in [5.41, 5.74) is 2.00. The summed E-state index contributed by atoms with van der Waals surface area (Å²) in [5, 5.41) is 9.44. The van der Waals surface area contributed by atoms with Gasteiger partial charge in [0.1, 0.15) is 5.75 Å². The predicted octanol–water partition coefficient (Wildman–Crippen LogP) is 2.45. The number of benzene rings is 1. The monoisotopic (exact) mass is 180 g/mol. The van der Waals surface area contributed by atoms with Crippen LogP contribution in [0.5, 0.6) is 5.75 Å². The number of rotatable bonds is 3. The highest BCUT2D eigenvalue weighted by Crippen LogP contribution is 2.25. The molecule has 0 fully saturated rings. The van der Waals surface area contributed by atoms with Gasteiger partial charge in [0.2, 0.25) is 0 Å². The van der Waals surface area contributed by atoms with Crippen LogP contribution in [0.4, 0.5) is 0 Å². The van der Waals surface area contributed by atoms with E-state index in [9.17, 15) is 5.11 Å². The largest absolute Gasteiger partial charge is 0.493 e. The van der Waals surface area contributed by atoms with Gasteiger partial charge in [0.05, 0.1) is 12.7 Å². The number of aliphatic hydroxyl groups excluding tert-OH is 1. The Balaban J connectivity index is 3.03. The van der Waals surface area contributed by atoms with E-state index in [-0.39, 0.29) is 0 Å². The van der Waals surface area contributed by atoms with Crippen molar-refractivity contribution in [2.75, 3.05) is 6.61 Å². The van der Waals surface area contributed by atoms with Crippen LogP contribution in [0.15, 0.2) is 18.2 Å². The lowest BCUT2D eigenvalue weighted by molar-refractivity contribution is 0.192. The zero-order chi connectivity index (χ0) is 9.84. The van der Waals surface area contributed by atoms with E-state index in [0.717, 1.165) is 16.9 Å². The average molecular weight is 180 g/mol. The molecule has 1 unspecified atom stereocenters. The number of aryl methyl sites for hydroxylation is 1. The van der Waals surface area contributed by atoms with Gasteiger partial charge in [-0.05, 0) is 32.4 Å². The average Bonchev–Trinajstić information content (AvgIpc) is 2.04. The third kappa shape index (κ3) is 2.46. The minimum atomic E-state index is -0.470. The Morgan fingerprint density at radius 2 is 2.15 bits per heavy atom. The molecule has 0 heterocycles. The molecule has 13 heavy (non-hydrogen) atoms. The van der Waals surface area contributed by atoms with E-state index in [1.807, 2.05) is 32.0 Å². The van der Waals surface area contributed by atoms with Crippen LogP contribution in [-0.4, -0.2) is 11.7 Å². The summed E-state index contributed by atoms with van der Waals surface area (Å²) >= 11 is 0. The second-order valence-electron chi connectivity index (χ2n) is 3.15. The van der Waals surface area contributed by atoms with E-state index in [4.69, 9.17) is 4.74 Å². The second kappa shape index (κ2) is 4.28. The fraction of sp³-hybridized carbons (Fsp3) is 0.455. The highest BCUT2D eigenvalue weighted by atomic mass is 16.5. The molecule has 2 heteroatoms. The molecule has 0 aliphatic heterocycles. The normalized spacial score (nSPS) is 12.6. The van der Waals surface area contributed by atoms with Gasteiger partial charge in [0.25, 0.3) is 0 Å². The molecule has 0 saturated heterocycles. The molecule has 0 aliphatic carbocycles. The number of hydrogen-bond acceptors (Lipinski definition) is 2. The molecule has 1 aromatic rings. The lowest BCUT2D eigenvalue weighted by atomic mass is 10.1. The van der Waals surface area contributed by atoms with Gasteiger partial charge >= 0.3 is 0 Å². The molecule has 2 nitrogen and oxygen atoms in total. The van der Waals surface area contributed by atoms with Crippen molar-refractivity contribution in [2.45, 2.75) is 26.9 Å². The number of aliphatic hydroxyl groups is 1. The van der Waals surface area contributed by atoms with Gasteiger partial charge in [-0.25, -0.2) is 0 Å². The third-order valence-corrected chi connectivity index (χ3v) is 1.92. The maximum absolute atomic E-state index is 9.44. The Labute approximate surface area is 79.2 Å². The van der Waals surface area contributed by atoms with Crippen LogP contribution in [0.3, 0.4) is 0 Å². The molecule has 0 aromatic heterocycles. The molecular weight excluding hydrogens is 164 g/mol. The fourth-order valence-electron chi connectivity index (χ4n) is 1.27. The van der Waals surface area contributed by atoms with Gasteiger partial charge in [0, 0.05) is 5.56 Å². The van der Waals surface area contributed by atoms with E-state index < -0.39 is 6.10 Å². The van der Waals surface area contributed by atoms with Crippen molar-refractivity contribution < 1.29 is 9.84 Å². The fourth-order valence-corrected chi connectivity index (χ4v) is 1.27. The molecule has 0 saturated carbocycles. The molecule has 1 rings (SSSR count). The van der Waals surface area contributed by atoms with Gasteiger partial charge < -0.3 is 9.84 Å². The van der Waals surface area contributed by atoms with Crippen molar-refractivity contribution >= 4 is 0 Å².